The molecule has 0 aliphatic carbocycles. The topological polar surface area (TPSA) is 73.9 Å². The molecule has 0 saturated carbocycles. The van der Waals surface area contributed by atoms with Gasteiger partial charge in [0.05, 0.1) is 12.7 Å². The minimum atomic E-state index is -0.290. The number of nitrogens with one attached hydrogen (secondary N) is 2. The number of amides is 3. The number of ether oxygens (including phenoxy) is 1. The van der Waals surface area contributed by atoms with Crippen LogP contribution in [0.1, 0.15) is 12.5 Å². The van der Waals surface area contributed by atoms with E-state index in [1.54, 1.807) is 4.90 Å². The molecule has 25 heavy (non-hydrogen) atoms. The van der Waals surface area contributed by atoms with Gasteiger partial charge in [0.25, 0.3) is 0 Å². The summed E-state index contributed by atoms with van der Waals surface area (Å²) in [6, 6.07) is 7.31. The molecular weight excluding hydrogens is 320 g/mol. The number of nitrogens with zero attached hydrogens (tertiary/aromatic N) is 2. The van der Waals surface area contributed by atoms with E-state index in [1.807, 2.05) is 43.0 Å². The monoisotopic (exact) mass is 346 g/mol. The Kier molecular flexibility index (Phi) is 5.55. The molecule has 7 nitrogen and oxygen atoms in total. The summed E-state index contributed by atoms with van der Waals surface area (Å²) < 4.78 is 5.55. The van der Waals surface area contributed by atoms with Gasteiger partial charge in [-0.15, -0.1) is 0 Å². The first-order chi connectivity index (χ1) is 12.0. The minimum Gasteiger partial charge on any atom is -0.375 e. The Morgan fingerprint density at radius 1 is 1.20 bits per heavy atom. The van der Waals surface area contributed by atoms with Gasteiger partial charge in [-0.25, -0.2) is 4.79 Å². The molecule has 2 fully saturated rings. The molecule has 2 aliphatic heterocycles. The van der Waals surface area contributed by atoms with Crippen LogP contribution in [0.5, 0.6) is 0 Å². The number of carbonyl (C=O) groups is 2. The van der Waals surface area contributed by atoms with Crippen LogP contribution in [0, 0.1) is 6.92 Å². The average Bonchev–Trinajstić information content (AvgIpc) is 2.62. The van der Waals surface area contributed by atoms with E-state index in [9.17, 15) is 9.59 Å². The number of anilines is 1. The van der Waals surface area contributed by atoms with Crippen molar-refractivity contribution < 1.29 is 14.3 Å². The largest absolute Gasteiger partial charge is 0.375 e. The molecule has 0 unspecified atom stereocenters. The zero-order valence-electron chi connectivity index (χ0n) is 14.8. The molecule has 2 aliphatic rings. The number of piperazine rings is 1. The van der Waals surface area contributed by atoms with Gasteiger partial charge in [-0.2, -0.15) is 0 Å². The molecule has 0 spiro atoms. The van der Waals surface area contributed by atoms with E-state index in [0.717, 1.165) is 11.3 Å². The smallest absolute Gasteiger partial charge is 0.321 e. The maximum atomic E-state index is 12.6. The standard InChI is InChI=1S/C18H26N4O3/c1-13-4-3-5-15(12-13)20-18(24)22-9-7-21(8-10-22)17(23)16-14(2)25-11-6-19-16/h3-5,12,14,16,19H,6-11H2,1-2H3,(H,20,24)/t14-,16+/m1/s1. The molecular formula is C18H26N4O3. The maximum Gasteiger partial charge on any atom is 0.321 e. The average molecular weight is 346 g/mol. The van der Waals surface area contributed by atoms with Gasteiger partial charge < -0.3 is 25.2 Å². The first kappa shape index (κ1) is 17.7. The number of urea groups is 1. The van der Waals surface area contributed by atoms with Gasteiger partial charge in [-0.1, -0.05) is 12.1 Å². The Balaban J connectivity index is 1.51. The fraction of sp³-hybridized carbons (Fsp3) is 0.556. The Bertz CT molecular complexity index is 629. The molecule has 0 aromatic heterocycles. The fourth-order valence-electron chi connectivity index (χ4n) is 3.26. The summed E-state index contributed by atoms with van der Waals surface area (Å²) in [5.41, 5.74) is 1.89. The van der Waals surface area contributed by atoms with Crippen molar-refractivity contribution in [2.45, 2.75) is 26.0 Å². The van der Waals surface area contributed by atoms with Gasteiger partial charge in [0.15, 0.2) is 0 Å². The van der Waals surface area contributed by atoms with Crippen LogP contribution >= 0.6 is 0 Å². The van der Waals surface area contributed by atoms with Crippen molar-refractivity contribution >= 4 is 17.6 Å². The molecule has 2 heterocycles. The van der Waals surface area contributed by atoms with E-state index in [4.69, 9.17) is 4.74 Å². The lowest BCUT2D eigenvalue weighted by atomic mass is 10.1. The second-order valence-electron chi connectivity index (χ2n) is 6.62. The zero-order valence-corrected chi connectivity index (χ0v) is 14.8. The number of hydrogen-bond donors (Lipinski definition) is 2. The van der Waals surface area contributed by atoms with Gasteiger partial charge >= 0.3 is 6.03 Å². The molecule has 2 saturated heterocycles. The van der Waals surface area contributed by atoms with Gasteiger partial charge in [0.2, 0.25) is 5.91 Å². The first-order valence-corrected chi connectivity index (χ1v) is 8.81. The first-order valence-electron chi connectivity index (χ1n) is 8.81. The van der Waals surface area contributed by atoms with Gasteiger partial charge in [-0.05, 0) is 31.5 Å². The number of aryl methyl sites for hydroxylation is 1. The third kappa shape index (κ3) is 4.29. The van der Waals surface area contributed by atoms with E-state index in [-0.39, 0.29) is 24.1 Å². The van der Waals surface area contributed by atoms with Crippen LogP contribution in [-0.2, 0) is 9.53 Å². The Labute approximate surface area is 148 Å². The van der Waals surface area contributed by atoms with E-state index in [2.05, 4.69) is 10.6 Å². The van der Waals surface area contributed by atoms with Crippen LogP contribution in [0.15, 0.2) is 24.3 Å². The molecule has 2 N–H and O–H groups in total. The molecule has 7 heteroatoms. The molecule has 3 amide bonds. The summed E-state index contributed by atoms with van der Waals surface area (Å²) in [5, 5.41) is 6.15. The molecule has 3 rings (SSSR count). The molecule has 0 radical (unpaired) electrons. The fourth-order valence-corrected chi connectivity index (χ4v) is 3.26. The highest BCUT2D eigenvalue weighted by atomic mass is 16.5. The zero-order chi connectivity index (χ0) is 17.8. The molecule has 2 atom stereocenters. The minimum absolute atomic E-state index is 0.0611. The summed E-state index contributed by atoms with van der Waals surface area (Å²) in [7, 11) is 0. The van der Waals surface area contributed by atoms with Crippen LogP contribution < -0.4 is 10.6 Å². The Morgan fingerprint density at radius 2 is 1.92 bits per heavy atom. The number of benzene rings is 1. The normalized spacial score (nSPS) is 24.1. The van der Waals surface area contributed by atoms with E-state index < -0.39 is 0 Å². The number of carbonyl (C=O) groups excluding carboxylic acids is 2. The van der Waals surface area contributed by atoms with Crippen LogP contribution in [0.3, 0.4) is 0 Å². The Morgan fingerprint density at radius 3 is 2.60 bits per heavy atom. The SMILES string of the molecule is Cc1cccc(NC(=O)N2CCN(C(=O)[C@H]3NCCO[C@@H]3C)CC2)c1. The van der Waals surface area contributed by atoms with E-state index in [1.165, 1.54) is 0 Å². The van der Waals surface area contributed by atoms with Crippen molar-refractivity contribution in [3.8, 4) is 0 Å². The molecule has 1 aromatic rings. The maximum absolute atomic E-state index is 12.6. The molecule has 1 aromatic carbocycles. The molecule has 136 valence electrons. The summed E-state index contributed by atoms with van der Waals surface area (Å²) in [5.74, 6) is 0.0611. The van der Waals surface area contributed by atoms with Crippen molar-refractivity contribution in [3.05, 3.63) is 29.8 Å². The lowest BCUT2D eigenvalue weighted by Crippen LogP contribution is -2.60. The van der Waals surface area contributed by atoms with Gasteiger partial charge in [-0.3, -0.25) is 4.79 Å². The highest BCUT2D eigenvalue weighted by Gasteiger charge is 2.33. The highest BCUT2D eigenvalue weighted by molar-refractivity contribution is 5.89. The lowest BCUT2D eigenvalue weighted by molar-refractivity contribution is -0.140. The van der Waals surface area contributed by atoms with Gasteiger partial charge in [0.1, 0.15) is 6.04 Å². The number of hydrogen-bond acceptors (Lipinski definition) is 4. The van der Waals surface area contributed by atoms with Crippen LogP contribution in [0.2, 0.25) is 0 Å². The van der Waals surface area contributed by atoms with Crippen LogP contribution in [0.4, 0.5) is 10.5 Å². The van der Waals surface area contributed by atoms with Crippen LogP contribution in [-0.4, -0.2) is 73.2 Å². The quantitative estimate of drug-likeness (QED) is 0.839. The van der Waals surface area contributed by atoms with Crippen molar-refractivity contribution in [1.82, 2.24) is 15.1 Å². The highest BCUT2D eigenvalue weighted by Crippen LogP contribution is 2.13. The second-order valence-corrected chi connectivity index (χ2v) is 6.62. The predicted molar refractivity (Wildman–Crippen MR) is 95.6 cm³/mol. The van der Waals surface area contributed by atoms with E-state index in [0.29, 0.717) is 39.3 Å². The number of morpholine rings is 1. The predicted octanol–water partition coefficient (Wildman–Crippen LogP) is 1.05. The lowest BCUT2D eigenvalue weighted by Gasteiger charge is -2.38. The van der Waals surface area contributed by atoms with Crippen molar-refractivity contribution in [3.63, 3.8) is 0 Å². The van der Waals surface area contributed by atoms with Crippen LogP contribution in [0.25, 0.3) is 0 Å². The third-order valence-electron chi connectivity index (χ3n) is 4.73. The van der Waals surface area contributed by atoms with Crippen molar-refractivity contribution in [2.24, 2.45) is 0 Å². The summed E-state index contributed by atoms with van der Waals surface area (Å²) >= 11 is 0. The van der Waals surface area contributed by atoms with Crippen molar-refractivity contribution in [2.75, 3.05) is 44.6 Å². The van der Waals surface area contributed by atoms with E-state index >= 15 is 0 Å². The Hall–Kier alpha value is -2.12. The van der Waals surface area contributed by atoms with Gasteiger partial charge in [0, 0.05) is 38.4 Å². The van der Waals surface area contributed by atoms with Crippen molar-refractivity contribution in [1.29, 1.82) is 0 Å². The third-order valence-corrected chi connectivity index (χ3v) is 4.73. The molecule has 0 bridgehead atoms. The number of rotatable bonds is 2. The second kappa shape index (κ2) is 7.84. The summed E-state index contributed by atoms with van der Waals surface area (Å²) in [6.45, 7) is 7.40. The summed E-state index contributed by atoms with van der Waals surface area (Å²) in [6.07, 6.45) is -0.121. The summed E-state index contributed by atoms with van der Waals surface area (Å²) in [4.78, 5) is 28.6.